The van der Waals surface area contributed by atoms with Crippen LogP contribution in [0.5, 0.6) is 5.75 Å². The molecule has 33 heavy (non-hydrogen) atoms. The number of carbonyl (C=O) groups excluding carboxylic acids is 2. The monoisotopic (exact) mass is 442 g/mol. The predicted octanol–water partition coefficient (Wildman–Crippen LogP) is 4.17. The second kappa shape index (κ2) is 8.05. The van der Waals surface area contributed by atoms with Crippen LogP contribution in [0.4, 0.5) is 0 Å². The van der Waals surface area contributed by atoms with Gasteiger partial charge in [-0.2, -0.15) is 0 Å². The van der Waals surface area contributed by atoms with Gasteiger partial charge in [0.25, 0.3) is 0 Å². The number of rotatable bonds is 5. The first kappa shape index (κ1) is 20.7. The van der Waals surface area contributed by atoms with E-state index in [0.29, 0.717) is 29.0 Å². The van der Waals surface area contributed by atoms with Gasteiger partial charge in [0.15, 0.2) is 17.0 Å². The molecular formula is C25H22N4O4. The van der Waals surface area contributed by atoms with Crippen LogP contribution in [0.3, 0.4) is 0 Å². The number of aromatic nitrogens is 4. The highest BCUT2D eigenvalue weighted by Gasteiger charge is 2.21. The van der Waals surface area contributed by atoms with Crippen molar-refractivity contribution in [2.75, 3.05) is 6.61 Å². The number of carbonyl (C=O) groups is 2. The van der Waals surface area contributed by atoms with Crippen LogP contribution >= 0.6 is 0 Å². The molecule has 0 N–H and O–H groups in total. The first-order valence-corrected chi connectivity index (χ1v) is 10.7. The van der Waals surface area contributed by atoms with Crippen molar-refractivity contribution in [3.8, 4) is 11.4 Å². The Bertz CT molecular complexity index is 1530. The summed E-state index contributed by atoms with van der Waals surface area (Å²) in [6.07, 6.45) is 1.95. The van der Waals surface area contributed by atoms with Crippen LogP contribution in [-0.4, -0.2) is 37.5 Å². The fraction of sp³-hybridized carbons (Fsp3) is 0.200. The molecule has 2 aromatic carbocycles. The van der Waals surface area contributed by atoms with Gasteiger partial charge in [-0.05, 0) is 43.7 Å². The van der Waals surface area contributed by atoms with Crippen LogP contribution in [0.2, 0.25) is 0 Å². The van der Waals surface area contributed by atoms with Gasteiger partial charge in [0.2, 0.25) is 0 Å². The van der Waals surface area contributed by atoms with Crippen molar-refractivity contribution in [2.45, 2.75) is 27.2 Å². The standard InChI is InChI=1S/C25H22N4O4/c1-4-32-22(31)13-17-9-11-18(12-10-17)28-14-21(33-16(3)30)23-24(28)26-15(2)29-20-8-6-5-7-19(20)27-25(23)29/h5-12,14H,4,13H2,1-3H3. The maximum Gasteiger partial charge on any atom is 0.310 e. The van der Waals surface area contributed by atoms with Gasteiger partial charge in [0, 0.05) is 12.6 Å². The minimum atomic E-state index is -0.423. The van der Waals surface area contributed by atoms with Gasteiger partial charge in [0.05, 0.1) is 30.3 Å². The van der Waals surface area contributed by atoms with Gasteiger partial charge < -0.3 is 9.47 Å². The van der Waals surface area contributed by atoms with Crippen molar-refractivity contribution in [1.29, 1.82) is 0 Å². The molecule has 0 saturated heterocycles. The Kier molecular flexibility index (Phi) is 5.05. The van der Waals surface area contributed by atoms with Crippen molar-refractivity contribution in [3.63, 3.8) is 0 Å². The maximum absolute atomic E-state index is 11.9. The molecule has 0 amide bonds. The number of ether oxygens (including phenoxy) is 2. The normalized spacial score (nSPS) is 11.4. The second-order valence-corrected chi connectivity index (χ2v) is 7.72. The predicted molar refractivity (Wildman–Crippen MR) is 124 cm³/mol. The molecular weight excluding hydrogens is 420 g/mol. The summed E-state index contributed by atoms with van der Waals surface area (Å²) >= 11 is 0. The number of esters is 2. The number of hydrogen-bond acceptors (Lipinski definition) is 6. The molecule has 5 aromatic rings. The van der Waals surface area contributed by atoms with Crippen LogP contribution < -0.4 is 4.74 Å². The van der Waals surface area contributed by atoms with Crippen molar-refractivity contribution >= 4 is 39.7 Å². The quantitative estimate of drug-likeness (QED) is 0.380. The SMILES string of the molecule is CCOC(=O)Cc1ccc(-n2cc(OC(C)=O)c3c2nc(C)n2c4ccccc4nc32)cc1. The maximum atomic E-state index is 11.9. The summed E-state index contributed by atoms with van der Waals surface area (Å²) in [6, 6.07) is 15.4. The molecule has 0 spiro atoms. The van der Waals surface area contributed by atoms with E-state index in [4.69, 9.17) is 19.4 Å². The largest absolute Gasteiger partial charge is 0.466 e. The molecule has 3 heterocycles. The van der Waals surface area contributed by atoms with Crippen LogP contribution in [0, 0.1) is 6.92 Å². The lowest BCUT2D eigenvalue weighted by Crippen LogP contribution is -2.07. The highest BCUT2D eigenvalue weighted by molar-refractivity contribution is 6.01. The molecule has 0 aliphatic rings. The number of benzene rings is 2. The highest BCUT2D eigenvalue weighted by atomic mass is 16.5. The van der Waals surface area contributed by atoms with E-state index in [1.807, 2.05) is 64.4 Å². The summed E-state index contributed by atoms with van der Waals surface area (Å²) in [5.41, 5.74) is 4.74. The Balaban J connectivity index is 1.70. The molecule has 0 radical (unpaired) electrons. The minimum Gasteiger partial charge on any atom is -0.466 e. The Hall–Kier alpha value is -4.20. The van der Waals surface area contributed by atoms with E-state index in [9.17, 15) is 9.59 Å². The third-order valence-electron chi connectivity index (χ3n) is 5.44. The Morgan fingerprint density at radius 2 is 1.76 bits per heavy atom. The number of aryl methyl sites for hydroxylation is 1. The van der Waals surface area contributed by atoms with Gasteiger partial charge in [-0.1, -0.05) is 24.3 Å². The summed E-state index contributed by atoms with van der Waals surface area (Å²) in [5.74, 6) is 0.466. The third kappa shape index (κ3) is 3.59. The van der Waals surface area contributed by atoms with Gasteiger partial charge in [-0.25, -0.2) is 9.97 Å². The first-order chi connectivity index (χ1) is 16.0. The molecule has 3 aromatic heterocycles. The number of para-hydroxylation sites is 2. The molecule has 0 bridgehead atoms. The first-order valence-electron chi connectivity index (χ1n) is 10.7. The van der Waals surface area contributed by atoms with E-state index in [1.54, 1.807) is 13.1 Å². The second-order valence-electron chi connectivity index (χ2n) is 7.72. The molecule has 8 heteroatoms. The summed E-state index contributed by atoms with van der Waals surface area (Å²) in [7, 11) is 0. The van der Waals surface area contributed by atoms with E-state index in [-0.39, 0.29) is 12.4 Å². The smallest absolute Gasteiger partial charge is 0.310 e. The number of fused-ring (bicyclic) bond motifs is 5. The molecule has 166 valence electrons. The fourth-order valence-electron chi connectivity index (χ4n) is 4.10. The molecule has 0 saturated carbocycles. The van der Waals surface area contributed by atoms with Gasteiger partial charge in [-0.15, -0.1) is 0 Å². The van der Waals surface area contributed by atoms with Crippen LogP contribution in [0.15, 0.2) is 54.7 Å². The van der Waals surface area contributed by atoms with Crippen molar-refractivity contribution in [3.05, 3.63) is 66.1 Å². The van der Waals surface area contributed by atoms with Crippen LogP contribution in [0.25, 0.3) is 33.4 Å². The van der Waals surface area contributed by atoms with Gasteiger partial charge >= 0.3 is 11.9 Å². The molecule has 5 rings (SSSR count). The zero-order valence-corrected chi connectivity index (χ0v) is 18.5. The average Bonchev–Trinajstić information content (AvgIpc) is 3.33. The summed E-state index contributed by atoms with van der Waals surface area (Å²) in [4.78, 5) is 33.3. The van der Waals surface area contributed by atoms with Crippen LogP contribution in [0.1, 0.15) is 25.2 Å². The highest BCUT2D eigenvalue weighted by Crippen LogP contribution is 2.35. The number of imidazole rings is 1. The Morgan fingerprint density at radius 1 is 1.00 bits per heavy atom. The topological polar surface area (TPSA) is 87.7 Å². The fourth-order valence-corrected chi connectivity index (χ4v) is 4.10. The van der Waals surface area contributed by atoms with Crippen molar-refractivity contribution < 1.29 is 19.1 Å². The molecule has 8 nitrogen and oxygen atoms in total. The molecule has 0 aliphatic heterocycles. The van der Waals surface area contributed by atoms with E-state index >= 15 is 0 Å². The van der Waals surface area contributed by atoms with Crippen LogP contribution in [-0.2, 0) is 20.7 Å². The molecule has 0 atom stereocenters. The molecule has 0 unspecified atom stereocenters. The average molecular weight is 442 g/mol. The van der Waals surface area contributed by atoms with Gasteiger partial charge in [-0.3, -0.25) is 18.6 Å². The lowest BCUT2D eigenvalue weighted by Gasteiger charge is -2.08. The lowest BCUT2D eigenvalue weighted by atomic mass is 10.1. The van der Waals surface area contributed by atoms with E-state index < -0.39 is 5.97 Å². The Labute approximate surface area is 189 Å². The third-order valence-corrected chi connectivity index (χ3v) is 5.44. The zero-order chi connectivity index (χ0) is 23.1. The molecule has 0 fully saturated rings. The van der Waals surface area contributed by atoms with E-state index in [2.05, 4.69) is 0 Å². The zero-order valence-electron chi connectivity index (χ0n) is 18.5. The van der Waals surface area contributed by atoms with E-state index in [1.165, 1.54) is 6.92 Å². The van der Waals surface area contributed by atoms with Gasteiger partial charge in [0.1, 0.15) is 11.2 Å². The number of nitrogens with zero attached hydrogens (tertiary/aromatic N) is 4. The van der Waals surface area contributed by atoms with Crippen molar-refractivity contribution in [2.24, 2.45) is 0 Å². The van der Waals surface area contributed by atoms with E-state index in [0.717, 1.165) is 28.1 Å². The summed E-state index contributed by atoms with van der Waals surface area (Å²) < 4.78 is 14.4. The summed E-state index contributed by atoms with van der Waals surface area (Å²) in [6.45, 7) is 5.43. The molecule has 0 aliphatic carbocycles. The summed E-state index contributed by atoms with van der Waals surface area (Å²) in [5, 5.41) is 0.655. The number of hydrogen-bond donors (Lipinski definition) is 0. The Morgan fingerprint density at radius 3 is 2.48 bits per heavy atom. The lowest BCUT2D eigenvalue weighted by molar-refractivity contribution is -0.142. The minimum absolute atomic E-state index is 0.206. The van der Waals surface area contributed by atoms with Crippen molar-refractivity contribution in [1.82, 2.24) is 18.9 Å².